The molecule has 0 saturated carbocycles. The van der Waals surface area contributed by atoms with E-state index in [0.29, 0.717) is 16.7 Å². The summed E-state index contributed by atoms with van der Waals surface area (Å²) >= 11 is 0. The molecule has 1 unspecified atom stereocenters. The van der Waals surface area contributed by atoms with E-state index in [4.69, 9.17) is 5.11 Å². The zero-order chi connectivity index (χ0) is 13.1. The normalized spacial score (nSPS) is 12.1. The molecule has 92 valence electrons. The van der Waals surface area contributed by atoms with Crippen LogP contribution in [0, 0.1) is 5.82 Å². The molecule has 0 fully saturated rings. The quantitative estimate of drug-likeness (QED) is 0.904. The van der Waals surface area contributed by atoms with E-state index in [-0.39, 0.29) is 0 Å². The van der Waals surface area contributed by atoms with Crippen molar-refractivity contribution in [2.75, 3.05) is 0 Å². The topological polar surface area (TPSA) is 50.2 Å². The SMILES string of the molecule is CC(C(=O)O)c1ccc(-c2cccnc2)c(F)c1. The lowest BCUT2D eigenvalue weighted by Crippen LogP contribution is -2.07. The van der Waals surface area contributed by atoms with Crippen LogP contribution in [0.2, 0.25) is 0 Å². The summed E-state index contributed by atoms with van der Waals surface area (Å²) < 4.78 is 13.9. The first kappa shape index (κ1) is 12.2. The highest BCUT2D eigenvalue weighted by Crippen LogP contribution is 2.25. The Labute approximate surface area is 104 Å². The molecule has 0 saturated heterocycles. The van der Waals surface area contributed by atoms with Crippen molar-refractivity contribution in [2.45, 2.75) is 12.8 Å². The molecule has 0 amide bonds. The van der Waals surface area contributed by atoms with Crippen molar-refractivity contribution in [1.82, 2.24) is 4.98 Å². The lowest BCUT2D eigenvalue weighted by atomic mass is 9.97. The second-order valence-electron chi connectivity index (χ2n) is 4.04. The number of carboxylic acid groups (broad SMARTS) is 1. The van der Waals surface area contributed by atoms with Crippen LogP contribution in [0.4, 0.5) is 4.39 Å². The molecule has 1 aromatic heterocycles. The summed E-state index contributed by atoms with van der Waals surface area (Å²) in [4.78, 5) is 14.8. The molecule has 0 bridgehead atoms. The van der Waals surface area contributed by atoms with E-state index < -0.39 is 17.7 Å². The number of benzene rings is 1. The molecule has 0 radical (unpaired) electrons. The molecule has 0 aliphatic rings. The van der Waals surface area contributed by atoms with Gasteiger partial charge in [0.15, 0.2) is 0 Å². The van der Waals surface area contributed by atoms with Gasteiger partial charge in [-0.25, -0.2) is 4.39 Å². The molecule has 1 aromatic carbocycles. The van der Waals surface area contributed by atoms with Crippen molar-refractivity contribution in [3.63, 3.8) is 0 Å². The third-order valence-electron chi connectivity index (χ3n) is 2.84. The van der Waals surface area contributed by atoms with Gasteiger partial charge in [-0.3, -0.25) is 9.78 Å². The fraction of sp³-hybridized carbons (Fsp3) is 0.143. The van der Waals surface area contributed by atoms with Gasteiger partial charge in [0.05, 0.1) is 5.92 Å². The lowest BCUT2D eigenvalue weighted by Gasteiger charge is -2.09. The number of aromatic nitrogens is 1. The number of hydrogen-bond acceptors (Lipinski definition) is 2. The van der Waals surface area contributed by atoms with Crippen molar-refractivity contribution in [1.29, 1.82) is 0 Å². The highest BCUT2D eigenvalue weighted by atomic mass is 19.1. The van der Waals surface area contributed by atoms with Crippen LogP contribution < -0.4 is 0 Å². The summed E-state index contributed by atoms with van der Waals surface area (Å²) in [5, 5.41) is 8.88. The second kappa shape index (κ2) is 4.96. The van der Waals surface area contributed by atoms with Gasteiger partial charge in [0.25, 0.3) is 0 Å². The Hall–Kier alpha value is -2.23. The summed E-state index contributed by atoms with van der Waals surface area (Å²) in [6.07, 6.45) is 3.18. The summed E-state index contributed by atoms with van der Waals surface area (Å²) in [6, 6.07) is 7.96. The number of rotatable bonds is 3. The van der Waals surface area contributed by atoms with Gasteiger partial charge < -0.3 is 5.11 Å². The Bertz CT molecular complexity index is 569. The number of pyridine rings is 1. The summed E-state index contributed by atoms with van der Waals surface area (Å²) in [5.41, 5.74) is 1.54. The molecule has 1 heterocycles. The minimum Gasteiger partial charge on any atom is -0.481 e. The predicted molar refractivity (Wildman–Crippen MR) is 65.7 cm³/mol. The monoisotopic (exact) mass is 245 g/mol. The minimum atomic E-state index is -0.969. The second-order valence-corrected chi connectivity index (χ2v) is 4.04. The number of nitrogens with zero attached hydrogens (tertiary/aromatic N) is 1. The van der Waals surface area contributed by atoms with Gasteiger partial charge in [0.1, 0.15) is 5.82 Å². The Morgan fingerprint density at radius 2 is 2.17 bits per heavy atom. The van der Waals surface area contributed by atoms with Crippen molar-refractivity contribution < 1.29 is 14.3 Å². The fourth-order valence-corrected chi connectivity index (χ4v) is 1.70. The third-order valence-corrected chi connectivity index (χ3v) is 2.84. The molecular formula is C14H12FNO2. The minimum absolute atomic E-state index is 0.421. The number of halogens is 1. The molecular weight excluding hydrogens is 233 g/mol. The van der Waals surface area contributed by atoms with Crippen LogP contribution in [0.15, 0.2) is 42.7 Å². The highest BCUT2D eigenvalue weighted by Gasteiger charge is 2.15. The summed E-state index contributed by atoms with van der Waals surface area (Å²) in [7, 11) is 0. The van der Waals surface area contributed by atoms with Crippen LogP contribution in [0.5, 0.6) is 0 Å². The molecule has 4 heteroatoms. The van der Waals surface area contributed by atoms with Gasteiger partial charge in [-0.15, -0.1) is 0 Å². The van der Waals surface area contributed by atoms with E-state index in [1.54, 1.807) is 36.7 Å². The van der Waals surface area contributed by atoms with Crippen molar-refractivity contribution in [3.8, 4) is 11.1 Å². The number of carbonyl (C=O) groups is 1. The lowest BCUT2D eigenvalue weighted by molar-refractivity contribution is -0.138. The Balaban J connectivity index is 2.40. The van der Waals surface area contributed by atoms with E-state index >= 15 is 0 Å². The first-order valence-corrected chi connectivity index (χ1v) is 5.52. The van der Waals surface area contributed by atoms with Gasteiger partial charge in [-0.05, 0) is 24.6 Å². The van der Waals surface area contributed by atoms with Crippen molar-refractivity contribution >= 4 is 5.97 Å². The maximum absolute atomic E-state index is 13.9. The number of aliphatic carboxylic acids is 1. The molecule has 18 heavy (non-hydrogen) atoms. The average Bonchev–Trinajstić information content (AvgIpc) is 2.38. The number of carboxylic acids is 1. The maximum Gasteiger partial charge on any atom is 0.310 e. The first-order valence-electron chi connectivity index (χ1n) is 5.52. The van der Waals surface area contributed by atoms with Gasteiger partial charge in [-0.1, -0.05) is 18.2 Å². The standard InChI is InChI=1S/C14H12FNO2/c1-9(14(17)18)10-4-5-12(13(15)7-10)11-3-2-6-16-8-11/h2-9H,1H3,(H,17,18). The van der Waals surface area contributed by atoms with Crippen LogP contribution in [-0.2, 0) is 4.79 Å². The van der Waals surface area contributed by atoms with E-state index in [1.165, 1.54) is 13.0 Å². The summed E-state index contributed by atoms with van der Waals surface area (Å²) in [6.45, 7) is 1.53. The van der Waals surface area contributed by atoms with E-state index in [1.807, 2.05) is 0 Å². The molecule has 0 aliphatic carbocycles. The van der Waals surface area contributed by atoms with Crippen LogP contribution in [0.1, 0.15) is 18.4 Å². The van der Waals surface area contributed by atoms with Crippen molar-refractivity contribution in [2.24, 2.45) is 0 Å². The van der Waals surface area contributed by atoms with Gasteiger partial charge in [-0.2, -0.15) is 0 Å². The third kappa shape index (κ3) is 2.37. The van der Waals surface area contributed by atoms with Gasteiger partial charge >= 0.3 is 5.97 Å². The number of hydrogen-bond donors (Lipinski definition) is 1. The Morgan fingerprint density at radius 1 is 1.39 bits per heavy atom. The van der Waals surface area contributed by atoms with Crippen molar-refractivity contribution in [3.05, 3.63) is 54.1 Å². The zero-order valence-electron chi connectivity index (χ0n) is 9.80. The molecule has 2 aromatic rings. The first-order chi connectivity index (χ1) is 8.59. The van der Waals surface area contributed by atoms with Crippen LogP contribution in [-0.4, -0.2) is 16.1 Å². The molecule has 1 N–H and O–H groups in total. The van der Waals surface area contributed by atoms with E-state index in [9.17, 15) is 9.18 Å². The van der Waals surface area contributed by atoms with Crippen LogP contribution in [0.25, 0.3) is 11.1 Å². The maximum atomic E-state index is 13.9. The summed E-state index contributed by atoms with van der Waals surface area (Å²) in [5.74, 6) is -2.13. The van der Waals surface area contributed by atoms with E-state index in [0.717, 1.165) is 0 Å². The zero-order valence-corrected chi connectivity index (χ0v) is 9.80. The Kier molecular flexibility index (Phi) is 3.37. The van der Waals surface area contributed by atoms with Crippen LogP contribution >= 0.6 is 0 Å². The average molecular weight is 245 g/mol. The molecule has 2 rings (SSSR count). The van der Waals surface area contributed by atoms with Crippen LogP contribution in [0.3, 0.4) is 0 Å². The van der Waals surface area contributed by atoms with Gasteiger partial charge in [0, 0.05) is 23.5 Å². The molecule has 0 spiro atoms. The highest BCUT2D eigenvalue weighted by molar-refractivity contribution is 5.76. The molecule has 3 nitrogen and oxygen atoms in total. The molecule has 0 aliphatic heterocycles. The van der Waals surface area contributed by atoms with E-state index in [2.05, 4.69) is 4.98 Å². The Morgan fingerprint density at radius 3 is 2.72 bits per heavy atom. The fourth-order valence-electron chi connectivity index (χ4n) is 1.70. The smallest absolute Gasteiger partial charge is 0.310 e. The van der Waals surface area contributed by atoms with Gasteiger partial charge in [0.2, 0.25) is 0 Å². The predicted octanol–water partition coefficient (Wildman–Crippen LogP) is 3.08. The largest absolute Gasteiger partial charge is 0.481 e. The molecule has 1 atom stereocenters.